The maximum atomic E-state index is 12.4. The highest BCUT2D eigenvalue weighted by molar-refractivity contribution is 5.94. The Bertz CT molecular complexity index is 935. The molecule has 4 rings (SSSR count). The monoisotopic (exact) mass is 423 g/mol. The van der Waals surface area contributed by atoms with E-state index in [-0.39, 0.29) is 36.0 Å². The Labute approximate surface area is 180 Å². The van der Waals surface area contributed by atoms with Crippen LogP contribution in [0.2, 0.25) is 0 Å². The lowest BCUT2D eigenvalue weighted by molar-refractivity contribution is -0.0602. The summed E-state index contributed by atoms with van der Waals surface area (Å²) in [4.78, 5) is 40.3. The van der Waals surface area contributed by atoms with Crippen molar-refractivity contribution >= 4 is 17.8 Å². The molecule has 4 amide bonds. The molecule has 0 radical (unpaired) electrons. The highest BCUT2D eigenvalue weighted by Gasteiger charge is 2.39. The first-order valence-electron chi connectivity index (χ1n) is 10.4. The molecule has 1 aromatic carbocycles. The number of nitrogens with one attached hydrogen (secondary N) is 4. The molecule has 3 heterocycles. The van der Waals surface area contributed by atoms with E-state index in [1.54, 1.807) is 36.5 Å². The van der Waals surface area contributed by atoms with E-state index >= 15 is 0 Å². The van der Waals surface area contributed by atoms with E-state index in [0.717, 1.165) is 18.4 Å². The Morgan fingerprint density at radius 2 is 1.81 bits per heavy atom. The van der Waals surface area contributed by atoms with Crippen LogP contribution in [0, 0.1) is 5.92 Å². The summed E-state index contributed by atoms with van der Waals surface area (Å²) < 4.78 is 5.70. The number of hydrogen-bond donors (Lipinski definition) is 4. The first-order chi connectivity index (χ1) is 15.1. The van der Waals surface area contributed by atoms with Crippen molar-refractivity contribution < 1.29 is 19.1 Å². The number of pyridine rings is 1. The summed E-state index contributed by atoms with van der Waals surface area (Å²) in [6.45, 7) is 1.24. The number of carbonyl (C=O) groups is 3. The average Bonchev–Trinajstić information content (AvgIpc) is 2.81. The number of nitrogens with zero attached hydrogens (tertiary/aromatic N) is 1. The van der Waals surface area contributed by atoms with E-state index in [9.17, 15) is 14.4 Å². The zero-order valence-corrected chi connectivity index (χ0v) is 17.0. The highest BCUT2D eigenvalue weighted by Crippen LogP contribution is 2.34. The van der Waals surface area contributed by atoms with Gasteiger partial charge in [-0.1, -0.05) is 18.2 Å². The molecule has 4 N–H and O–H groups in total. The van der Waals surface area contributed by atoms with Crippen molar-refractivity contribution in [2.75, 3.05) is 19.7 Å². The van der Waals surface area contributed by atoms with Crippen LogP contribution >= 0.6 is 0 Å². The van der Waals surface area contributed by atoms with Gasteiger partial charge in [0.05, 0.1) is 6.04 Å². The minimum absolute atomic E-state index is 0.147. The molecule has 0 unspecified atom stereocenters. The molecule has 0 aliphatic carbocycles. The van der Waals surface area contributed by atoms with Crippen LogP contribution in [0.5, 0.6) is 0 Å². The average molecular weight is 423 g/mol. The molecule has 1 aromatic heterocycles. The molecular weight excluding hydrogens is 398 g/mol. The number of amides is 4. The van der Waals surface area contributed by atoms with Crippen LogP contribution < -0.4 is 21.3 Å². The number of rotatable bonds is 6. The molecule has 2 aromatic rings. The largest absolute Gasteiger partial charge is 0.358 e. The summed E-state index contributed by atoms with van der Waals surface area (Å²) in [5.74, 6) is -0.367. The first-order valence-corrected chi connectivity index (χ1v) is 10.4. The molecule has 31 heavy (non-hydrogen) atoms. The van der Waals surface area contributed by atoms with Gasteiger partial charge in [0.2, 0.25) is 0 Å². The van der Waals surface area contributed by atoms with Gasteiger partial charge < -0.3 is 26.0 Å². The molecule has 2 fully saturated rings. The van der Waals surface area contributed by atoms with Gasteiger partial charge in [0, 0.05) is 37.4 Å². The van der Waals surface area contributed by atoms with Crippen LogP contribution in [0.3, 0.4) is 0 Å². The third kappa shape index (κ3) is 5.00. The normalized spacial score (nSPS) is 22.5. The third-order valence-electron chi connectivity index (χ3n) is 5.48. The van der Waals surface area contributed by atoms with Crippen molar-refractivity contribution in [3.63, 3.8) is 0 Å². The van der Waals surface area contributed by atoms with Gasteiger partial charge in [0.25, 0.3) is 11.8 Å². The SMILES string of the molecule is O=C1N[C@H]2OCCC[C@H]2[C@H](c2ccc(C(=O)NCCNC(=O)c3ccccn3)cc2)N1. The summed E-state index contributed by atoms with van der Waals surface area (Å²) in [6, 6.07) is 11.9. The maximum Gasteiger partial charge on any atom is 0.317 e. The Kier molecular flexibility index (Phi) is 6.42. The molecule has 0 spiro atoms. The predicted octanol–water partition coefficient (Wildman–Crippen LogP) is 1.35. The number of hydrogen-bond acceptors (Lipinski definition) is 5. The summed E-state index contributed by atoms with van der Waals surface area (Å²) in [5, 5.41) is 11.3. The molecule has 2 saturated heterocycles. The van der Waals surface area contributed by atoms with Crippen molar-refractivity contribution in [1.82, 2.24) is 26.3 Å². The van der Waals surface area contributed by atoms with E-state index in [4.69, 9.17) is 4.74 Å². The Balaban J connectivity index is 1.29. The second-order valence-electron chi connectivity index (χ2n) is 7.54. The molecule has 3 atom stereocenters. The lowest BCUT2D eigenvalue weighted by atomic mass is 9.85. The lowest BCUT2D eigenvalue weighted by Gasteiger charge is -2.41. The fraction of sp³-hybridized carbons (Fsp3) is 0.364. The second kappa shape index (κ2) is 9.57. The zero-order valence-electron chi connectivity index (χ0n) is 17.0. The fourth-order valence-electron chi connectivity index (χ4n) is 3.93. The van der Waals surface area contributed by atoms with Gasteiger partial charge in [-0.3, -0.25) is 14.6 Å². The molecule has 2 aliphatic rings. The molecular formula is C22H25N5O4. The maximum absolute atomic E-state index is 12.4. The summed E-state index contributed by atoms with van der Waals surface area (Å²) in [5.41, 5.74) is 1.78. The van der Waals surface area contributed by atoms with Gasteiger partial charge in [-0.2, -0.15) is 0 Å². The van der Waals surface area contributed by atoms with Crippen LogP contribution in [0.1, 0.15) is 45.3 Å². The van der Waals surface area contributed by atoms with Gasteiger partial charge in [-0.05, 0) is 42.7 Å². The lowest BCUT2D eigenvalue weighted by Crippen LogP contribution is -2.58. The minimum Gasteiger partial charge on any atom is -0.358 e. The van der Waals surface area contributed by atoms with Crippen molar-refractivity contribution in [2.45, 2.75) is 25.1 Å². The fourth-order valence-corrected chi connectivity index (χ4v) is 3.93. The van der Waals surface area contributed by atoms with Crippen molar-refractivity contribution in [1.29, 1.82) is 0 Å². The Hall–Kier alpha value is -3.46. The van der Waals surface area contributed by atoms with Gasteiger partial charge >= 0.3 is 6.03 Å². The quantitative estimate of drug-likeness (QED) is 0.523. The van der Waals surface area contributed by atoms with Crippen LogP contribution in [-0.4, -0.2) is 48.8 Å². The zero-order chi connectivity index (χ0) is 21.6. The molecule has 2 aliphatic heterocycles. The molecule has 0 bridgehead atoms. The van der Waals surface area contributed by atoms with Gasteiger partial charge in [-0.25, -0.2) is 4.79 Å². The molecule has 0 saturated carbocycles. The number of urea groups is 1. The summed E-state index contributed by atoms with van der Waals surface area (Å²) >= 11 is 0. The smallest absolute Gasteiger partial charge is 0.317 e. The number of aromatic nitrogens is 1. The summed E-state index contributed by atoms with van der Waals surface area (Å²) in [6.07, 6.45) is 3.18. The number of fused-ring (bicyclic) bond motifs is 1. The van der Waals surface area contributed by atoms with Crippen LogP contribution in [0.4, 0.5) is 4.79 Å². The van der Waals surface area contributed by atoms with Crippen LogP contribution in [0.15, 0.2) is 48.7 Å². The minimum atomic E-state index is -0.284. The number of carbonyl (C=O) groups excluding carboxylic acids is 3. The van der Waals surface area contributed by atoms with Crippen LogP contribution in [-0.2, 0) is 4.74 Å². The van der Waals surface area contributed by atoms with Crippen molar-refractivity contribution in [3.8, 4) is 0 Å². The molecule has 162 valence electrons. The van der Waals surface area contributed by atoms with Crippen molar-refractivity contribution in [2.24, 2.45) is 5.92 Å². The Morgan fingerprint density at radius 3 is 2.55 bits per heavy atom. The number of benzene rings is 1. The van der Waals surface area contributed by atoms with Gasteiger partial charge in [0.15, 0.2) is 0 Å². The topological polar surface area (TPSA) is 121 Å². The van der Waals surface area contributed by atoms with E-state index in [2.05, 4.69) is 26.3 Å². The Morgan fingerprint density at radius 1 is 1.03 bits per heavy atom. The van der Waals surface area contributed by atoms with Crippen LogP contribution in [0.25, 0.3) is 0 Å². The molecule has 9 heteroatoms. The first kappa shape index (κ1) is 20.8. The standard InChI is InChI=1S/C22H25N5O4/c28-19(24-11-12-25-20(29)17-5-1-2-10-23-17)15-8-6-14(7-9-15)18-16-4-3-13-31-21(16)27-22(30)26-18/h1-2,5-10,16,18,21H,3-4,11-13H2,(H,24,28)(H,25,29)(H2,26,27,30)/t16-,18-,21-/m0/s1. The van der Waals surface area contributed by atoms with E-state index < -0.39 is 0 Å². The van der Waals surface area contributed by atoms with Gasteiger partial charge in [-0.15, -0.1) is 0 Å². The van der Waals surface area contributed by atoms with E-state index in [0.29, 0.717) is 31.0 Å². The summed E-state index contributed by atoms with van der Waals surface area (Å²) in [7, 11) is 0. The van der Waals surface area contributed by atoms with E-state index in [1.165, 1.54) is 0 Å². The van der Waals surface area contributed by atoms with E-state index in [1.807, 2.05) is 12.1 Å². The molecule has 9 nitrogen and oxygen atoms in total. The van der Waals surface area contributed by atoms with Crippen molar-refractivity contribution in [3.05, 3.63) is 65.5 Å². The predicted molar refractivity (Wildman–Crippen MR) is 112 cm³/mol. The third-order valence-corrected chi connectivity index (χ3v) is 5.48. The second-order valence-corrected chi connectivity index (χ2v) is 7.54. The van der Waals surface area contributed by atoms with Gasteiger partial charge in [0.1, 0.15) is 11.9 Å². The highest BCUT2D eigenvalue weighted by atomic mass is 16.5. The number of ether oxygens (including phenoxy) is 1.